The van der Waals surface area contributed by atoms with E-state index >= 15 is 0 Å². The van der Waals surface area contributed by atoms with E-state index in [9.17, 15) is 4.79 Å². The highest BCUT2D eigenvalue weighted by atomic mass is 32.1. The number of nitrogens with one attached hydrogen (secondary N) is 2. The van der Waals surface area contributed by atoms with Gasteiger partial charge in [-0.25, -0.2) is 0 Å². The fourth-order valence-corrected chi connectivity index (χ4v) is 2.65. The lowest BCUT2D eigenvalue weighted by molar-refractivity contribution is -0.115. The molecule has 0 fully saturated rings. The van der Waals surface area contributed by atoms with Crippen LogP contribution in [0.25, 0.3) is 0 Å². The molecule has 0 saturated heterocycles. The maximum absolute atomic E-state index is 11.6. The predicted octanol–water partition coefficient (Wildman–Crippen LogP) is 1.62. The lowest BCUT2D eigenvalue weighted by atomic mass is 10.1. The van der Waals surface area contributed by atoms with E-state index in [1.807, 2.05) is 0 Å². The number of carbonyl (C=O) groups excluding carboxylic acids is 1. The molecule has 0 radical (unpaired) electrons. The standard InChI is InChI=1S/C12H22N4O2S/c1-4-9(5-2)11-15-16-12(19-11)14-10(17)8-13-6-7-18-3/h9,13H,4-8H2,1-3H3,(H,14,16,17). The minimum Gasteiger partial charge on any atom is -0.383 e. The van der Waals surface area contributed by atoms with E-state index in [1.54, 1.807) is 7.11 Å². The Labute approximate surface area is 118 Å². The van der Waals surface area contributed by atoms with Crippen molar-refractivity contribution in [1.29, 1.82) is 0 Å². The van der Waals surface area contributed by atoms with Gasteiger partial charge in [-0.1, -0.05) is 25.2 Å². The minimum absolute atomic E-state index is 0.108. The topological polar surface area (TPSA) is 76.1 Å². The van der Waals surface area contributed by atoms with Crippen LogP contribution in [0.2, 0.25) is 0 Å². The average molecular weight is 286 g/mol. The molecule has 1 amide bonds. The zero-order valence-electron chi connectivity index (χ0n) is 11.7. The van der Waals surface area contributed by atoms with Crippen molar-refractivity contribution in [2.75, 3.05) is 32.1 Å². The molecule has 7 heteroatoms. The summed E-state index contributed by atoms with van der Waals surface area (Å²) in [6.07, 6.45) is 2.08. The van der Waals surface area contributed by atoms with Crippen LogP contribution >= 0.6 is 11.3 Å². The molecular formula is C12H22N4O2S. The third-order valence-corrected chi connectivity index (χ3v) is 3.79. The van der Waals surface area contributed by atoms with E-state index in [4.69, 9.17) is 4.74 Å². The summed E-state index contributed by atoms with van der Waals surface area (Å²) in [5, 5.41) is 15.4. The predicted molar refractivity (Wildman–Crippen MR) is 76.6 cm³/mol. The first kappa shape index (κ1) is 16.0. The van der Waals surface area contributed by atoms with E-state index in [-0.39, 0.29) is 12.5 Å². The molecule has 1 aromatic heterocycles. The Morgan fingerprint density at radius 3 is 2.74 bits per heavy atom. The highest BCUT2D eigenvalue weighted by Gasteiger charge is 2.14. The van der Waals surface area contributed by atoms with Gasteiger partial charge >= 0.3 is 0 Å². The molecule has 1 heterocycles. The van der Waals surface area contributed by atoms with Crippen molar-refractivity contribution < 1.29 is 9.53 Å². The fourth-order valence-electron chi connectivity index (χ4n) is 1.63. The van der Waals surface area contributed by atoms with Crippen molar-refractivity contribution in [2.24, 2.45) is 0 Å². The van der Waals surface area contributed by atoms with Crippen LogP contribution < -0.4 is 10.6 Å². The summed E-state index contributed by atoms with van der Waals surface area (Å²) in [4.78, 5) is 11.6. The highest BCUT2D eigenvalue weighted by molar-refractivity contribution is 7.15. The molecule has 2 N–H and O–H groups in total. The molecule has 0 aliphatic heterocycles. The molecule has 19 heavy (non-hydrogen) atoms. The summed E-state index contributed by atoms with van der Waals surface area (Å²) < 4.78 is 4.88. The number of anilines is 1. The maximum Gasteiger partial charge on any atom is 0.240 e. The molecule has 0 aliphatic rings. The van der Waals surface area contributed by atoms with Crippen molar-refractivity contribution in [2.45, 2.75) is 32.6 Å². The van der Waals surface area contributed by atoms with Gasteiger partial charge in [0.05, 0.1) is 13.2 Å². The van der Waals surface area contributed by atoms with Crippen molar-refractivity contribution in [1.82, 2.24) is 15.5 Å². The Bertz CT molecular complexity index is 380. The van der Waals surface area contributed by atoms with Gasteiger partial charge in [0.1, 0.15) is 5.01 Å². The molecule has 0 aliphatic carbocycles. The van der Waals surface area contributed by atoms with Crippen LogP contribution in [0.15, 0.2) is 0 Å². The lowest BCUT2D eigenvalue weighted by Gasteiger charge is -2.06. The fraction of sp³-hybridized carbons (Fsp3) is 0.750. The van der Waals surface area contributed by atoms with Crippen LogP contribution in [-0.4, -0.2) is 42.9 Å². The average Bonchev–Trinajstić information content (AvgIpc) is 2.84. The zero-order valence-corrected chi connectivity index (χ0v) is 12.5. The second-order valence-electron chi connectivity index (χ2n) is 4.18. The Balaban J connectivity index is 2.38. The number of methoxy groups -OCH3 is 1. The van der Waals surface area contributed by atoms with Gasteiger partial charge < -0.3 is 10.1 Å². The van der Waals surface area contributed by atoms with Gasteiger partial charge in [-0.05, 0) is 12.8 Å². The number of ether oxygens (including phenoxy) is 1. The third kappa shape index (κ3) is 5.63. The molecule has 6 nitrogen and oxygen atoms in total. The molecule has 108 valence electrons. The highest BCUT2D eigenvalue weighted by Crippen LogP contribution is 2.27. The van der Waals surface area contributed by atoms with Crippen LogP contribution in [0, 0.1) is 0 Å². The summed E-state index contributed by atoms with van der Waals surface area (Å²) in [7, 11) is 1.63. The molecule has 0 spiro atoms. The van der Waals surface area contributed by atoms with Crippen LogP contribution in [0.1, 0.15) is 37.6 Å². The Morgan fingerprint density at radius 1 is 1.37 bits per heavy atom. The molecule has 0 atom stereocenters. The maximum atomic E-state index is 11.6. The van der Waals surface area contributed by atoms with Crippen molar-refractivity contribution >= 4 is 22.4 Å². The van der Waals surface area contributed by atoms with Crippen LogP contribution in [0.5, 0.6) is 0 Å². The monoisotopic (exact) mass is 286 g/mol. The summed E-state index contributed by atoms with van der Waals surface area (Å²) >= 11 is 1.46. The molecule has 1 aromatic rings. The first-order valence-corrected chi connectivity index (χ1v) is 7.35. The van der Waals surface area contributed by atoms with E-state index in [1.165, 1.54) is 11.3 Å². The number of hydrogen-bond donors (Lipinski definition) is 2. The number of amides is 1. The second-order valence-corrected chi connectivity index (χ2v) is 5.19. The number of aromatic nitrogens is 2. The Morgan fingerprint density at radius 2 is 2.11 bits per heavy atom. The number of rotatable bonds is 9. The lowest BCUT2D eigenvalue weighted by Crippen LogP contribution is -2.30. The van der Waals surface area contributed by atoms with Crippen LogP contribution in [-0.2, 0) is 9.53 Å². The summed E-state index contributed by atoms with van der Waals surface area (Å²) in [6.45, 7) is 5.76. The first-order valence-electron chi connectivity index (χ1n) is 6.54. The van der Waals surface area contributed by atoms with Crippen LogP contribution in [0.4, 0.5) is 5.13 Å². The number of carbonyl (C=O) groups is 1. The normalized spacial score (nSPS) is 10.9. The van der Waals surface area contributed by atoms with Gasteiger partial charge in [0.2, 0.25) is 11.0 Å². The summed E-state index contributed by atoms with van der Waals surface area (Å²) in [5.74, 6) is 0.325. The number of hydrogen-bond acceptors (Lipinski definition) is 6. The van der Waals surface area contributed by atoms with Crippen molar-refractivity contribution in [3.05, 3.63) is 5.01 Å². The van der Waals surface area contributed by atoms with Gasteiger partial charge in [-0.2, -0.15) is 0 Å². The molecule has 0 saturated carbocycles. The Kier molecular flexibility index (Phi) is 7.54. The van der Waals surface area contributed by atoms with Gasteiger partial charge in [0.25, 0.3) is 0 Å². The van der Waals surface area contributed by atoms with Gasteiger partial charge in [-0.15, -0.1) is 10.2 Å². The third-order valence-electron chi connectivity index (χ3n) is 2.79. The summed E-state index contributed by atoms with van der Waals surface area (Å²) in [5.41, 5.74) is 0. The second kappa shape index (κ2) is 8.95. The summed E-state index contributed by atoms with van der Waals surface area (Å²) in [6, 6.07) is 0. The van der Waals surface area contributed by atoms with E-state index in [0.717, 1.165) is 17.8 Å². The zero-order chi connectivity index (χ0) is 14.1. The van der Waals surface area contributed by atoms with Gasteiger partial charge in [-0.3, -0.25) is 10.1 Å². The quantitative estimate of drug-likeness (QED) is 0.675. The Hall–Kier alpha value is -1.05. The first-order chi connectivity index (χ1) is 9.21. The van der Waals surface area contributed by atoms with Crippen molar-refractivity contribution in [3.63, 3.8) is 0 Å². The smallest absolute Gasteiger partial charge is 0.240 e. The number of nitrogens with zero attached hydrogens (tertiary/aromatic N) is 2. The molecule has 0 bridgehead atoms. The molecule has 0 aromatic carbocycles. The van der Waals surface area contributed by atoms with Crippen molar-refractivity contribution in [3.8, 4) is 0 Å². The minimum atomic E-state index is -0.108. The largest absolute Gasteiger partial charge is 0.383 e. The molecular weight excluding hydrogens is 264 g/mol. The van der Waals surface area contributed by atoms with Gasteiger partial charge in [0.15, 0.2) is 0 Å². The van der Waals surface area contributed by atoms with Gasteiger partial charge in [0, 0.05) is 19.6 Å². The van der Waals surface area contributed by atoms with Crippen LogP contribution in [0.3, 0.4) is 0 Å². The van der Waals surface area contributed by atoms with E-state index in [0.29, 0.717) is 24.2 Å². The molecule has 0 unspecified atom stereocenters. The van der Waals surface area contributed by atoms with E-state index in [2.05, 4.69) is 34.7 Å². The molecule has 1 rings (SSSR count). The SMILES string of the molecule is CCC(CC)c1nnc(NC(=O)CNCCOC)s1. The van der Waals surface area contributed by atoms with E-state index < -0.39 is 0 Å².